The van der Waals surface area contributed by atoms with Crippen molar-refractivity contribution in [1.82, 2.24) is 4.90 Å². The standard InChI is InChI=1S/C14H21Cl2NO2/c1-10(2)8-17(4-5-19-3)9-11-6-12(15)7-13(16)14(11)18/h6-7,10,18H,4-5,8-9H2,1-3H3. The third-order valence-corrected chi connectivity index (χ3v) is 3.24. The molecule has 0 aliphatic heterocycles. The maximum Gasteiger partial charge on any atom is 0.138 e. The van der Waals surface area contributed by atoms with Crippen LogP contribution in [0, 0.1) is 5.92 Å². The summed E-state index contributed by atoms with van der Waals surface area (Å²) >= 11 is 11.9. The van der Waals surface area contributed by atoms with E-state index in [4.69, 9.17) is 27.9 Å². The molecule has 0 unspecified atom stereocenters. The van der Waals surface area contributed by atoms with E-state index in [2.05, 4.69) is 18.7 Å². The number of aromatic hydroxyl groups is 1. The zero-order chi connectivity index (χ0) is 14.4. The zero-order valence-electron chi connectivity index (χ0n) is 11.6. The fourth-order valence-electron chi connectivity index (χ4n) is 1.95. The van der Waals surface area contributed by atoms with Crippen LogP contribution in [0.15, 0.2) is 12.1 Å². The highest BCUT2D eigenvalue weighted by molar-refractivity contribution is 6.35. The average molecular weight is 306 g/mol. The molecule has 3 nitrogen and oxygen atoms in total. The largest absolute Gasteiger partial charge is 0.506 e. The number of benzene rings is 1. The van der Waals surface area contributed by atoms with Crippen LogP contribution in [0.4, 0.5) is 0 Å². The van der Waals surface area contributed by atoms with Gasteiger partial charge < -0.3 is 9.84 Å². The molecule has 0 radical (unpaired) electrons. The van der Waals surface area contributed by atoms with Gasteiger partial charge in [0.15, 0.2) is 0 Å². The van der Waals surface area contributed by atoms with E-state index in [0.717, 1.165) is 18.7 Å². The van der Waals surface area contributed by atoms with E-state index in [1.807, 2.05) is 0 Å². The summed E-state index contributed by atoms with van der Waals surface area (Å²) in [6, 6.07) is 3.30. The first kappa shape index (κ1) is 16.6. The van der Waals surface area contributed by atoms with E-state index in [1.165, 1.54) is 0 Å². The van der Waals surface area contributed by atoms with Crippen LogP contribution in [-0.2, 0) is 11.3 Å². The van der Waals surface area contributed by atoms with E-state index < -0.39 is 0 Å². The van der Waals surface area contributed by atoms with Crippen LogP contribution in [0.1, 0.15) is 19.4 Å². The first-order valence-electron chi connectivity index (χ1n) is 6.32. The van der Waals surface area contributed by atoms with E-state index in [0.29, 0.717) is 29.1 Å². The van der Waals surface area contributed by atoms with Gasteiger partial charge in [-0.25, -0.2) is 0 Å². The molecule has 0 aliphatic rings. The average Bonchev–Trinajstić information content (AvgIpc) is 2.31. The van der Waals surface area contributed by atoms with Crippen LogP contribution in [0.25, 0.3) is 0 Å². The molecular weight excluding hydrogens is 285 g/mol. The lowest BCUT2D eigenvalue weighted by Crippen LogP contribution is -2.30. The smallest absolute Gasteiger partial charge is 0.138 e. The fraction of sp³-hybridized carbons (Fsp3) is 0.571. The van der Waals surface area contributed by atoms with Crippen molar-refractivity contribution >= 4 is 23.2 Å². The van der Waals surface area contributed by atoms with Gasteiger partial charge in [-0.05, 0) is 18.1 Å². The summed E-state index contributed by atoms with van der Waals surface area (Å²) in [5.74, 6) is 0.644. The van der Waals surface area contributed by atoms with Gasteiger partial charge in [-0.15, -0.1) is 0 Å². The maximum atomic E-state index is 9.98. The monoisotopic (exact) mass is 305 g/mol. The zero-order valence-corrected chi connectivity index (χ0v) is 13.1. The Hall–Kier alpha value is -0.480. The predicted molar refractivity (Wildman–Crippen MR) is 80.1 cm³/mol. The summed E-state index contributed by atoms with van der Waals surface area (Å²) in [6.07, 6.45) is 0. The molecule has 0 bridgehead atoms. The van der Waals surface area contributed by atoms with Crippen LogP contribution in [0.2, 0.25) is 10.0 Å². The number of hydrogen-bond acceptors (Lipinski definition) is 3. The van der Waals surface area contributed by atoms with Crippen molar-refractivity contribution in [2.45, 2.75) is 20.4 Å². The quantitative estimate of drug-likeness (QED) is 0.831. The van der Waals surface area contributed by atoms with Crippen LogP contribution >= 0.6 is 23.2 Å². The Bertz CT molecular complexity index is 411. The summed E-state index contributed by atoms with van der Waals surface area (Å²) in [7, 11) is 1.68. The third kappa shape index (κ3) is 5.57. The van der Waals surface area contributed by atoms with Gasteiger partial charge in [-0.1, -0.05) is 37.0 Å². The lowest BCUT2D eigenvalue weighted by atomic mass is 10.1. The second-order valence-corrected chi connectivity index (χ2v) is 5.86. The molecule has 0 amide bonds. The van der Waals surface area contributed by atoms with E-state index in [9.17, 15) is 5.11 Å². The number of rotatable bonds is 7. The number of phenolic OH excluding ortho intramolecular Hbond substituents is 1. The molecule has 0 saturated carbocycles. The molecule has 0 fully saturated rings. The molecule has 19 heavy (non-hydrogen) atoms. The summed E-state index contributed by atoms with van der Waals surface area (Å²) < 4.78 is 5.11. The van der Waals surface area contributed by atoms with Gasteiger partial charge >= 0.3 is 0 Å². The highest BCUT2D eigenvalue weighted by Gasteiger charge is 2.13. The van der Waals surface area contributed by atoms with Crippen LogP contribution < -0.4 is 0 Å². The Morgan fingerprint density at radius 2 is 2.00 bits per heavy atom. The number of halogens is 2. The van der Waals surface area contributed by atoms with Crippen molar-refractivity contribution in [3.8, 4) is 5.75 Å². The lowest BCUT2D eigenvalue weighted by molar-refractivity contribution is 0.135. The molecule has 1 N–H and O–H groups in total. The summed E-state index contributed by atoms with van der Waals surface area (Å²) in [5, 5.41) is 10.8. The van der Waals surface area contributed by atoms with Crippen molar-refractivity contribution in [3.63, 3.8) is 0 Å². The number of ether oxygens (including phenoxy) is 1. The summed E-state index contributed by atoms with van der Waals surface area (Å²) in [4.78, 5) is 2.22. The summed E-state index contributed by atoms with van der Waals surface area (Å²) in [5.41, 5.74) is 0.745. The Morgan fingerprint density at radius 1 is 1.32 bits per heavy atom. The first-order chi connectivity index (χ1) is 8.93. The molecule has 1 rings (SSSR count). The number of hydrogen-bond donors (Lipinski definition) is 1. The highest BCUT2D eigenvalue weighted by atomic mass is 35.5. The molecule has 5 heteroatoms. The molecule has 0 saturated heterocycles. The number of phenols is 1. The highest BCUT2D eigenvalue weighted by Crippen LogP contribution is 2.32. The predicted octanol–water partition coefficient (Wildman–Crippen LogP) is 3.80. The second kappa shape index (κ2) is 7.95. The van der Waals surface area contributed by atoms with Crippen LogP contribution in [0.5, 0.6) is 5.75 Å². The van der Waals surface area contributed by atoms with Gasteiger partial charge in [0.1, 0.15) is 5.75 Å². The van der Waals surface area contributed by atoms with E-state index >= 15 is 0 Å². The van der Waals surface area contributed by atoms with Gasteiger partial charge in [0.2, 0.25) is 0 Å². The van der Waals surface area contributed by atoms with Gasteiger partial charge in [0, 0.05) is 37.3 Å². The van der Waals surface area contributed by atoms with E-state index in [-0.39, 0.29) is 5.75 Å². The minimum absolute atomic E-state index is 0.109. The Morgan fingerprint density at radius 3 is 2.58 bits per heavy atom. The van der Waals surface area contributed by atoms with Gasteiger partial charge in [-0.3, -0.25) is 4.90 Å². The van der Waals surface area contributed by atoms with Crippen molar-refractivity contribution in [2.24, 2.45) is 5.92 Å². The third-order valence-electron chi connectivity index (χ3n) is 2.74. The molecular formula is C14H21Cl2NO2. The molecule has 1 aromatic rings. The van der Waals surface area contributed by atoms with Crippen molar-refractivity contribution in [1.29, 1.82) is 0 Å². The number of methoxy groups -OCH3 is 1. The molecule has 0 spiro atoms. The topological polar surface area (TPSA) is 32.7 Å². The van der Waals surface area contributed by atoms with E-state index in [1.54, 1.807) is 19.2 Å². The maximum absolute atomic E-state index is 9.98. The van der Waals surface area contributed by atoms with Crippen molar-refractivity contribution in [3.05, 3.63) is 27.7 Å². The molecule has 108 valence electrons. The summed E-state index contributed by atoms with van der Waals surface area (Å²) in [6.45, 7) is 7.30. The minimum Gasteiger partial charge on any atom is -0.506 e. The molecule has 0 heterocycles. The van der Waals surface area contributed by atoms with Gasteiger partial charge in [0.25, 0.3) is 0 Å². The number of nitrogens with zero attached hydrogens (tertiary/aromatic N) is 1. The van der Waals surface area contributed by atoms with Gasteiger partial charge in [0.05, 0.1) is 11.6 Å². The molecule has 0 atom stereocenters. The SMILES string of the molecule is COCCN(Cc1cc(Cl)cc(Cl)c1O)CC(C)C. The van der Waals surface area contributed by atoms with Crippen LogP contribution in [-0.4, -0.2) is 36.8 Å². The Kier molecular flexibility index (Phi) is 6.94. The Balaban J connectivity index is 2.82. The Labute approximate surface area is 125 Å². The normalized spacial score (nSPS) is 11.5. The van der Waals surface area contributed by atoms with Crippen molar-refractivity contribution in [2.75, 3.05) is 26.8 Å². The molecule has 0 aromatic heterocycles. The lowest BCUT2D eigenvalue weighted by Gasteiger charge is -2.24. The molecule has 0 aliphatic carbocycles. The minimum atomic E-state index is 0.109. The van der Waals surface area contributed by atoms with Crippen LogP contribution in [0.3, 0.4) is 0 Å². The first-order valence-corrected chi connectivity index (χ1v) is 7.07. The fourth-order valence-corrected chi connectivity index (χ4v) is 2.49. The van der Waals surface area contributed by atoms with Gasteiger partial charge in [-0.2, -0.15) is 0 Å². The second-order valence-electron chi connectivity index (χ2n) is 5.02. The molecule has 1 aromatic carbocycles. The van der Waals surface area contributed by atoms with Crippen molar-refractivity contribution < 1.29 is 9.84 Å².